The molecular weight excluding hydrogens is 340 g/mol. The molecule has 2 atom stereocenters. The van der Waals surface area contributed by atoms with E-state index in [0.29, 0.717) is 41.0 Å². The summed E-state index contributed by atoms with van der Waals surface area (Å²) in [5.41, 5.74) is 1.64. The van der Waals surface area contributed by atoms with Crippen LogP contribution in [0.5, 0.6) is 0 Å². The van der Waals surface area contributed by atoms with Crippen molar-refractivity contribution in [3.8, 4) is 0 Å². The molecule has 6 nitrogen and oxygen atoms in total. The number of aromatic nitrogens is 1. The minimum Gasteiger partial charge on any atom is -0.319 e. The first-order chi connectivity index (χ1) is 13.0. The molecule has 3 heterocycles. The summed E-state index contributed by atoms with van der Waals surface area (Å²) in [6.45, 7) is 4.22. The second-order valence-corrected chi connectivity index (χ2v) is 7.57. The van der Waals surface area contributed by atoms with E-state index in [-0.39, 0.29) is 11.8 Å². The van der Waals surface area contributed by atoms with Crippen LogP contribution in [0.1, 0.15) is 30.1 Å². The Hall–Kier alpha value is -2.73. The average molecular weight is 364 g/mol. The summed E-state index contributed by atoms with van der Waals surface area (Å²) in [4.78, 5) is 34.4. The lowest BCUT2D eigenvalue weighted by Gasteiger charge is -2.35. The molecule has 2 aliphatic heterocycles. The molecule has 1 fully saturated rings. The number of amides is 2. The van der Waals surface area contributed by atoms with Gasteiger partial charge >= 0.3 is 0 Å². The Labute approximate surface area is 159 Å². The van der Waals surface area contributed by atoms with Gasteiger partial charge in [-0.15, -0.1) is 0 Å². The van der Waals surface area contributed by atoms with E-state index in [0.717, 1.165) is 19.5 Å². The Kier molecular flexibility index (Phi) is 4.66. The zero-order valence-electron chi connectivity index (χ0n) is 15.7. The predicted octanol–water partition coefficient (Wildman–Crippen LogP) is 3.29. The van der Waals surface area contributed by atoms with Gasteiger partial charge in [0.15, 0.2) is 5.82 Å². The van der Waals surface area contributed by atoms with Gasteiger partial charge in [-0.2, -0.15) is 0 Å². The molecule has 0 unspecified atom stereocenters. The lowest BCUT2D eigenvalue weighted by molar-refractivity contribution is -0.119. The Bertz CT molecular complexity index is 882. The fourth-order valence-electron chi connectivity index (χ4n) is 4.11. The summed E-state index contributed by atoms with van der Waals surface area (Å²) < 4.78 is 0. The number of hydrogen-bond acceptors (Lipinski definition) is 4. The minimum atomic E-state index is -0.220. The predicted molar refractivity (Wildman–Crippen MR) is 105 cm³/mol. The Morgan fingerprint density at radius 3 is 2.89 bits per heavy atom. The van der Waals surface area contributed by atoms with Crippen LogP contribution in [0, 0.1) is 11.8 Å². The summed E-state index contributed by atoms with van der Waals surface area (Å²) in [5, 5.41) is 2.88. The molecule has 0 bridgehead atoms. The van der Waals surface area contributed by atoms with Crippen LogP contribution in [-0.2, 0) is 4.79 Å². The largest absolute Gasteiger partial charge is 0.319 e. The van der Waals surface area contributed by atoms with Crippen LogP contribution >= 0.6 is 0 Å². The van der Waals surface area contributed by atoms with Gasteiger partial charge in [-0.25, -0.2) is 4.98 Å². The number of anilines is 3. The van der Waals surface area contributed by atoms with E-state index in [1.165, 1.54) is 0 Å². The van der Waals surface area contributed by atoms with E-state index in [4.69, 9.17) is 0 Å². The van der Waals surface area contributed by atoms with E-state index in [1.807, 2.05) is 18.2 Å². The highest BCUT2D eigenvalue weighted by Crippen LogP contribution is 2.38. The topological polar surface area (TPSA) is 65.5 Å². The van der Waals surface area contributed by atoms with Crippen molar-refractivity contribution in [2.75, 3.05) is 30.4 Å². The van der Waals surface area contributed by atoms with Gasteiger partial charge in [-0.1, -0.05) is 19.1 Å². The number of fused-ring (bicyclic) bond motifs is 2. The van der Waals surface area contributed by atoms with Crippen LogP contribution in [0.15, 0.2) is 42.6 Å². The first kappa shape index (κ1) is 17.7. The average Bonchev–Trinajstić information content (AvgIpc) is 2.78. The van der Waals surface area contributed by atoms with E-state index >= 15 is 0 Å². The number of benzene rings is 1. The van der Waals surface area contributed by atoms with Crippen LogP contribution in [0.2, 0.25) is 0 Å². The number of nitrogens with zero attached hydrogens (tertiary/aromatic N) is 3. The zero-order valence-corrected chi connectivity index (χ0v) is 15.7. The minimum absolute atomic E-state index is 0.0136. The molecule has 140 valence electrons. The van der Waals surface area contributed by atoms with Crippen LogP contribution in [0.3, 0.4) is 0 Å². The molecule has 2 aliphatic rings. The first-order valence-corrected chi connectivity index (χ1v) is 9.41. The van der Waals surface area contributed by atoms with Gasteiger partial charge in [0, 0.05) is 19.2 Å². The number of hydrogen-bond donors (Lipinski definition) is 1. The summed E-state index contributed by atoms with van der Waals surface area (Å²) in [6, 6.07) is 10.8. The zero-order chi connectivity index (χ0) is 19.0. The van der Waals surface area contributed by atoms with Gasteiger partial charge < -0.3 is 10.2 Å². The van der Waals surface area contributed by atoms with Crippen molar-refractivity contribution in [1.82, 2.24) is 9.88 Å². The highest BCUT2D eigenvalue weighted by molar-refractivity contribution is 6.17. The van der Waals surface area contributed by atoms with E-state index in [9.17, 15) is 9.59 Å². The van der Waals surface area contributed by atoms with Crippen LogP contribution in [-0.4, -0.2) is 41.8 Å². The molecule has 1 saturated heterocycles. The smallest absolute Gasteiger partial charge is 0.257 e. The van der Waals surface area contributed by atoms with Gasteiger partial charge in [0.25, 0.3) is 5.91 Å². The number of pyridine rings is 1. The van der Waals surface area contributed by atoms with E-state index in [2.05, 4.69) is 29.2 Å². The summed E-state index contributed by atoms with van der Waals surface area (Å²) >= 11 is 0. The van der Waals surface area contributed by atoms with Crippen molar-refractivity contribution < 1.29 is 9.59 Å². The van der Waals surface area contributed by atoms with Gasteiger partial charge in [-0.05, 0) is 56.1 Å². The highest BCUT2D eigenvalue weighted by atomic mass is 16.2. The molecule has 2 aromatic rings. The van der Waals surface area contributed by atoms with E-state index < -0.39 is 0 Å². The maximum absolute atomic E-state index is 13.4. The second kappa shape index (κ2) is 7.12. The lowest BCUT2D eigenvalue weighted by Crippen LogP contribution is -2.39. The van der Waals surface area contributed by atoms with Crippen molar-refractivity contribution >= 4 is 29.0 Å². The van der Waals surface area contributed by atoms with Crippen LogP contribution in [0.4, 0.5) is 17.2 Å². The summed E-state index contributed by atoms with van der Waals surface area (Å²) in [5.74, 6) is 1.04. The highest BCUT2D eigenvalue weighted by Gasteiger charge is 2.33. The second-order valence-electron chi connectivity index (χ2n) is 7.57. The normalized spacial score (nSPS) is 22.4. The van der Waals surface area contributed by atoms with Gasteiger partial charge in [0.05, 0.1) is 16.9 Å². The lowest BCUT2D eigenvalue weighted by atomic mass is 9.84. The molecule has 0 spiro atoms. The molecule has 0 saturated carbocycles. The monoisotopic (exact) mass is 364 g/mol. The standard InChI is InChI=1S/C21H24N4O2/c1-14-13-24(2)11-9-15(14)12-19(26)25-18-8-4-3-6-16(18)21(27)23-17-7-5-10-22-20(17)25/h3-8,10,14-15H,9,11-13H2,1-2H3,(H,23,27)/t14-,15+/m0/s1. The summed E-state index contributed by atoms with van der Waals surface area (Å²) in [6.07, 6.45) is 3.11. The molecular formula is C21H24N4O2. The molecule has 4 rings (SSSR count). The molecule has 1 aromatic heterocycles. The number of rotatable bonds is 2. The van der Waals surface area contributed by atoms with Crippen LogP contribution in [0.25, 0.3) is 0 Å². The van der Waals surface area contributed by atoms with E-state index in [1.54, 1.807) is 29.3 Å². The molecule has 2 amide bonds. The summed E-state index contributed by atoms with van der Waals surface area (Å²) in [7, 11) is 2.12. The molecule has 1 N–H and O–H groups in total. The fraction of sp³-hybridized carbons (Fsp3) is 0.381. The van der Waals surface area contributed by atoms with Crippen molar-refractivity contribution in [2.45, 2.75) is 19.8 Å². The molecule has 1 aromatic carbocycles. The maximum Gasteiger partial charge on any atom is 0.257 e. The third kappa shape index (κ3) is 3.32. The number of piperidine rings is 1. The van der Waals surface area contributed by atoms with Gasteiger partial charge in [0.2, 0.25) is 5.91 Å². The molecule has 0 radical (unpaired) electrons. The number of likely N-dealkylation sites (tertiary alicyclic amines) is 1. The quantitative estimate of drug-likeness (QED) is 0.888. The van der Waals surface area contributed by atoms with Crippen LogP contribution < -0.4 is 10.2 Å². The Morgan fingerprint density at radius 1 is 1.26 bits per heavy atom. The maximum atomic E-state index is 13.4. The van der Waals surface area contributed by atoms with Crippen molar-refractivity contribution in [2.24, 2.45) is 11.8 Å². The van der Waals surface area contributed by atoms with Crippen molar-refractivity contribution in [3.05, 3.63) is 48.2 Å². The molecule has 27 heavy (non-hydrogen) atoms. The third-order valence-electron chi connectivity index (χ3n) is 5.61. The Morgan fingerprint density at radius 2 is 2.07 bits per heavy atom. The number of para-hydroxylation sites is 1. The van der Waals surface area contributed by atoms with Crippen molar-refractivity contribution in [3.63, 3.8) is 0 Å². The third-order valence-corrected chi connectivity index (χ3v) is 5.61. The van der Waals surface area contributed by atoms with Gasteiger partial charge in [-0.3, -0.25) is 14.5 Å². The molecule has 6 heteroatoms. The number of carbonyl (C=O) groups excluding carboxylic acids is 2. The SMILES string of the molecule is C[C@H]1CN(C)CC[C@@H]1CC(=O)N1c2ccccc2C(=O)Nc2cccnc21. The number of carbonyl (C=O) groups is 2. The Balaban J connectivity index is 1.71. The van der Waals surface area contributed by atoms with Crippen molar-refractivity contribution in [1.29, 1.82) is 0 Å². The fourth-order valence-corrected chi connectivity index (χ4v) is 4.11. The number of nitrogens with one attached hydrogen (secondary N) is 1. The van der Waals surface area contributed by atoms with Gasteiger partial charge in [0.1, 0.15) is 0 Å². The molecule has 0 aliphatic carbocycles. The first-order valence-electron chi connectivity index (χ1n) is 9.41.